The highest BCUT2D eigenvalue weighted by Crippen LogP contribution is 2.38. The zero-order chi connectivity index (χ0) is 17.9. The molecule has 138 valence electrons. The summed E-state index contributed by atoms with van der Waals surface area (Å²) < 4.78 is 7.62. The van der Waals surface area contributed by atoms with Crippen molar-refractivity contribution in [2.45, 2.75) is 32.3 Å². The van der Waals surface area contributed by atoms with Crippen molar-refractivity contribution in [2.24, 2.45) is 7.05 Å². The summed E-state index contributed by atoms with van der Waals surface area (Å²) in [5.41, 5.74) is 3.32. The van der Waals surface area contributed by atoms with Gasteiger partial charge in [-0.1, -0.05) is 25.0 Å². The monoisotopic (exact) mass is 354 g/mol. The molecule has 3 heterocycles. The molecule has 1 saturated heterocycles. The summed E-state index contributed by atoms with van der Waals surface area (Å²) in [6.45, 7) is 4.22. The highest BCUT2D eigenvalue weighted by molar-refractivity contribution is 5.96. The molecule has 1 fully saturated rings. The van der Waals surface area contributed by atoms with E-state index in [0.717, 1.165) is 42.2 Å². The molecule has 4 rings (SSSR count). The van der Waals surface area contributed by atoms with Gasteiger partial charge in [-0.3, -0.25) is 9.48 Å². The third kappa shape index (κ3) is 3.33. The number of para-hydroxylation sites is 1. The van der Waals surface area contributed by atoms with Gasteiger partial charge in [-0.2, -0.15) is 5.10 Å². The average Bonchev–Trinajstić information content (AvgIpc) is 2.82. The Kier molecular flexibility index (Phi) is 4.93. The molecule has 0 spiro atoms. The highest BCUT2D eigenvalue weighted by Gasteiger charge is 2.28. The molecule has 0 unspecified atom stereocenters. The Morgan fingerprint density at radius 2 is 1.96 bits per heavy atom. The fraction of sp³-hybridized carbons (Fsp3) is 0.500. The van der Waals surface area contributed by atoms with Gasteiger partial charge in [0.25, 0.3) is 5.91 Å². The van der Waals surface area contributed by atoms with E-state index in [1.54, 1.807) is 4.68 Å². The van der Waals surface area contributed by atoms with Crippen molar-refractivity contribution in [3.8, 4) is 17.0 Å². The van der Waals surface area contributed by atoms with Crippen LogP contribution in [0.2, 0.25) is 0 Å². The minimum Gasteiger partial charge on any atom is -0.488 e. The number of nitrogens with one attached hydrogen (secondary N) is 1. The predicted octanol–water partition coefficient (Wildman–Crippen LogP) is 2.59. The number of hydrogen-bond acceptors (Lipinski definition) is 4. The van der Waals surface area contributed by atoms with Crippen LogP contribution in [0.25, 0.3) is 11.3 Å². The van der Waals surface area contributed by atoms with Gasteiger partial charge in [0, 0.05) is 31.3 Å². The van der Waals surface area contributed by atoms with Crippen LogP contribution in [0.5, 0.6) is 5.75 Å². The Labute approximate surface area is 154 Å². The number of nitrogens with zero attached hydrogens (tertiary/aromatic N) is 3. The molecule has 2 aliphatic rings. The van der Waals surface area contributed by atoms with Gasteiger partial charge in [-0.25, -0.2) is 0 Å². The number of hydrogen-bond donors (Lipinski definition) is 1. The number of likely N-dealkylation sites (tertiary alicyclic amines) is 1. The van der Waals surface area contributed by atoms with Crippen molar-refractivity contribution in [2.75, 3.05) is 26.2 Å². The fourth-order valence-corrected chi connectivity index (χ4v) is 3.93. The normalized spacial score (nSPS) is 17.0. The molecule has 6 nitrogen and oxygen atoms in total. The van der Waals surface area contributed by atoms with Crippen LogP contribution in [0, 0.1) is 0 Å². The van der Waals surface area contributed by atoms with Crippen molar-refractivity contribution in [3.05, 3.63) is 35.5 Å². The summed E-state index contributed by atoms with van der Waals surface area (Å²) in [5, 5.41) is 7.52. The lowest BCUT2D eigenvalue weighted by Crippen LogP contribution is -2.36. The highest BCUT2D eigenvalue weighted by atomic mass is 16.5. The summed E-state index contributed by atoms with van der Waals surface area (Å²) in [6, 6.07) is 7.89. The van der Waals surface area contributed by atoms with E-state index in [1.807, 2.05) is 31.3 Å². The molecule has 2 aliphatic heterocycles. The molecule has 1 aromatic carbocycles. The molecule has 0 bridgehead atoms. The Bertz CT molecular complexity index is 791. The molecular formula is C20H26N4O2. The number of benzene rings is 1. The van der Waals surface area contributed by atoms with E-state index in [1.165, 1.54) is 25.7 Å². The molecule has 0 aliphatic carbocycles. The maximum atomic E-state index is 12.7. The second-order valence-electron chi connectivity index (χ2n) is 7.10. The van der Waals surface area contributed by atoms with Gasteiger partial charge in [0.2, 0.25) is 0 Å². The van der Waals surface area contributed by atoms with Crippen LogP contribution in [0.4, 0.5) is 0 Å². The van der Waals surface area contributed by atoms with Crippen LogP contribution in [-0.4, -0.2) is 46.8 Å². The van der Waals surface area contributed by atoms with E-state index in [0.29, 0.717) is 18.8 Å². The minimum atomic E-state index is -0.111. The van der Waals surface area contributed by atoms with Crippen LogP contribution in [0.15, 0.2) is 24.3 Å². The number of carbonyl (C=O) groups is 1. The number of fused-ring (bicyclic) bond motifs is 3. The van der Waals surface area contributed by atoms with E-state index in [4.69, 9.17) is 4.74 Å². The number of carbonyl (C=O) groups excluding carboxylic acids is 1. The van der Waals surface area contributed by atoms with Crippen molar-refractivity contribution in [1.82, 2.24) is 20.0 Å². The van der Waals surface area contributed by atoms with Crippen LogP contribution in [0.1, 0.15) is 41.7 Å². The summed E-state index contributed by atoms with van der Waals surface area (Å²) in [7, 11) is 1.88. The van der Waals surface area contributed by atoms with E-state index >= 15 is 0 Å². The number of aryl methyl sites for hydroxylation is 1. The predicted molar refractivity (Wildman–Crippen MR) is 100 cm³/mol. The van der Waals surface area contributed by atoms with E-state index in [-0.39, 0.29) is 5.91 Å². The summed E-state index contributed by atoms with van der Waals surface area (Å²) in [4.78, 5) is 15.1. The first-order valence-corrected chi connectivity index (χ1v) is 9.52. The first kappa shape index (κ1) is 17.1. The van der Waals surface area contributed by atoms with Gasteiger partial charge in [0.1, 0.15) is 12.4 Å². The van der Waals surface area contributed by atoms with Gasteiger partial charge in [-0.05, 0) is 38.1 Å². The van der Waals surface area contributed by atoms with Crippen LogP contribution >= 0.6 is 0 Å². The molecule has 1 aromatic heterocycles. The maximum absolute atomic E-state index is 12.7. The first-order valence-electron chi connectivity index (χ1n) is 9.52. The Morgan fingerprint density at radius 1 is 1.19 bits per heavy atom. The standard InChI is InChI=1S/C20H26N4O2/c1-23-19-15-8-4-5-9-17(15)26-14-16(19)18(22-23)20(25)21-10-13-24-11-6-2-3-7-12-24/h4-5,8-9H,2-3,6-7,10-14H2,1H3,(H,21,25). The van der Waals surface area contributed by atoms with Crippen molar-refractivity contribution >= 4 is 5.91 Å². The van der Waals surface area contributed by atoms with Crippen LogP contribution in [-0.2, 0) is 13.7 Å². The number of rotatable bonds is 4. The molecule has 0 atom stereocenters. The molecule has 0 saturated carbocycles. The SMILES string of the molecule is Cn1nc(C(=O)NCCN2CCCCCC2)c2c1-c1ccccc1OC2. The van der Waals surface area contributed by atoms with E-state index < -0.39 is 0 Å². The topological polar surface area (TPSA) is 59.4 Å². The second-order valence-corrected chi connectivity index (χ2v) is 7.10. The summed E-state index contributed by atoms with van der Waals surface area (Å²) in [6.07, 6.45) is 5.17. The minimum absolute atomic E-state index is 0.111. The number of amides is 1. The molecule has 26 heavy (non-hydrogen) atoms. The second kappa shape index (κ2) is 7.50. The molecular weight excluding hydrogens is 328 g/mol. The molecule has 1 amide bonds. The summed E-state index contributed by atoms with van der Waals surface area (Å²) in [5.74, 6) is 0.732. The van der Waals surface area contributed by atoms with Crippen molar-refractivity contribution in [3.63, 3.8) is 0 Å². The maximum Gasteiger partial charge on any atom is 0.272 e. The van der Waals surface area contributed by atoms with Gasteiger partial charge in [0.15, 0.2) is 5.69 Å². The quantitative estimate of drug-likeness (QED) is 0.917. The van der Waals surface area contributed by atoms with Crippen molar-refractivity contribution < 1.29 is 9.53 Å². The Hall–Kier alpha value is -2.34. The molecule has 1 N–H and O–H groups in total. The van der Waals surface area contributed by atoms with Gasteiger partial charge < -0.3 is 15.0 Å². The van der Waals surface area contributed by atoms with E-state index in [2.05, 4.69) is 15.3 Å². The van der Waals surface area contributed by atoms with Gasteiger partial charge >= 0.3 is 0 Å². The third-order valence-corrected chi connectivity index (χ3v) is 5.29. The van der Waals surface area contributed by atoms with Crippen LogP contribution in [0.3, 0.4) is 0 Å². The summed E-state index contributed by atoms with van der Waals surface area (Å²) >= 11 is 0. The van der Waals surface area contributed by atoms with Crippen molar-refractivity contribution in [1.29, 1.82) is 0 Å². The Balaban J connectivity index is 1.45. The van der Waals surface area contributed by atoms with E-state index in [9.17, 15) is 4.79 Å². The number of aromatic nitrogens is 2. The largest absolute Gasteiger partial charge is 0.488 e. The molecule has 6 heteroatoms. The Morgan fingerprint density at radius 3 is 2.77 bits per heavy atom. The zero-order valence-corrected chi connectivity index (χ0v) is 15.3. The lowest BCUT2D eigenvalue weighted by molar-refractivity contribution is 0.0940. The van der Waals surface area contributed by atoms with Gasteiger partial charge in [-0.15, -0.1) is 0 Å². The zero-order valence-electron chi connectivity index (χ0n) is 15.3. The lowest BCUT2D eigenvalue weighted by Gasteiger charge is -2.20. The smallest absolute Gasteiger partial charge is 0.272 e. The molecule has 2 aromatic rings. The lowest BCUT2D eigenvalue weighted by atomic mass is 10.0. The fourth-order valence-electron chi connectivity index (χ4n) is 3.93. The van der Waals surface area contributed by atoms with Crippen LogP contribution < -0.4 is 10.1 Å². The van der Waals surface area contributed by atoms with Gasteiger partial charge in [0.05, 0.1) is 5.69 Å². The number of ether oxygens (including phenoxy) is 1. The molecule has 0 radical (unpaired) electrons. The third-order valence-electron chi connectivity index (χ3n) is 5.29. The first-order chi connectivity index (χ1) is 12.7. The average molecular weight is 354 g/mol.